The van der Waals surface area contributed by atoms with Crippen LogP contribution in [-0.2, 0) is 0 Å². The Morgan fingerprint density at radius 1 is 0.852 bits per heavy atom. The number of imidazole rings is 1. The van der Waals surface area contributed by atoms with Gasteiger partial charge in [-0.1, -0.05) is 42.5 Å². The maximum absolute atomic E-state index is 10.9. The molecule has 0 saturated heterocycles. The summed E-state index contributed by atoms with van der Waals surface area (Å²) in [4.78, 5) is 18.8. The summed E-state index contributed by atoms with van der Waals surface area (Å²) in [6.07, 6.45) is 0. The van der Waals surface area contributed by atoms with Crippen LogP contribution in [-0.4, -0.2) is 14.9 Å². The van der Waals surface area contributed by atoms with Crippen LogP contribution in [0.3, 0.4) is 0 Å². The van der Waals surface area contributed by atoms with Crippen molar-refractivity contribution >= 4 is 28.3 Å². The van der Waals surface area contributed by atoms with Gasteiger partial charge in [0.05, 0.1) is 16.3 Å². The molecule has 0 aliphatic heterocycles. The lowest BCUT2D eigenvalue weighted by Gasteiger charge is -2.03. The highest BCUT2D eigenvalue weighted by Gasteiger charge is 2.16. The lowest BCUT2D eigenvalue weighted by atomic mass is 10.0. The summed E-state index contributed by atoms with van der Waals surface area (Å²) in [6.45, 7) is 0. The third-order valence-electron chi connectivity index (χ3n) is 4.22. The van der Waals surface area contributed by atoms with E-state index in [1.54, 1.807) is 12.1 Å². The van der Waals surface area contributed by atoms with Crippen LogP contribution < -0.4 is 0 Å². The zero-order valence-electron chi connectivity index (χ0n) is 14.1. The molecule has 0 atom stereocenters. The van der Waals surface area contributed by atoms with Crippen LogP contribution in [0.4, 0.5) is 5.69 Å². The normalized spacial score (nSPS) is 10.7. The van der Waals surface area contributed by atoms with Crippen LogP contribution in [0.15, 0.2) is 78.9 Å². The van der Waals surface area contributed by atoms with Crippen molar-refractivity contribution < 1.29 is 4.92 Å². The van der Waals surface area contributed by atoms with E-state index >= 15 is 0 Å². The zero-order valence-corrected chi connectivity index (χ0v) is 16.3. The highest BCUT2D eigenvalue weighted by Crippen LogP contribution is 2.33. The molecule has 0 amide bonds. The fraction of sp³-hybridized carbons (Fsp3) is 0. The van der Waals surface area contributed by atoms with E-state index in [0.717, 1.165) is 37.5 Å². The molecule has 0 fully saturated rings. The predicted octanol–water partition coefficient (Wildman–Crippen LogP) is 5.92. The third kappa shape index (κ3) is 3.61. The van der Waals surface area contributed by atoms with Crippen molar-refractivity contribution in [2.75, 3.05) is 0 Å². The Balaban J connectivity index is 1.87. The number of nitrogens with zero attached hydrogens (tertiary/aromatic N) is 2. The molecule has 6 heteroatoms. The van der Waals surface area contributed by atoms with Gasteiger partial charge in [0, 0.05) is 32.4 Å². The van der Waals surface area contributed by atoms with Crippen molar-refractivity contribution in [1.29, 1.82) is 0 Å². The molecule has 0 aliphatic rings. The van der Waals surface area contributed by atoms with Crippen molar-refractivity contribution in [3.05, 3.63) is 92.5 Å². The van der Waals surface area contributed by atoms with E-state index in [2.05, 4.69) is 33.6 Å². The molecule has 27 heavy (non-hydrogen) atoms. The van der Waals surface area contributed by atoms with Crippen LogP contribution in [0.1, 0.15) is 0 Å². The first-order chi connectivity index (χ1) is 13.1. The van der Waals surface area contributed by atoms with Crippen molar-refractivity contribution in [2.45, 2.75) is 0 Å². The van der Waals surface area contributed by atoms with Gasteiger partial charge < -0.3 is 4.98 Å². The number of nitro groups is 1. The summed E-state index contributed by atoms with van der Waals surface area (Å²) in [5.74, 6) is 0.765. The quantitative estimate of drug-likeness (QED) is 0.230. The molecule has 0 radical (unpaired) electrons. The van der Waals surface area contributed by atoms with E-state index in [1.807, 2.05) is 48.5 Å². The zero-order chi connectivity index (χ0) is 18.8. The minimum atomic E-state index is -0.397. The molecule has 1 heterocycles. The van der Waals surface area contributed by atoms with Crippen LogP contribution in [0.5, 0.6) is 0 Å². The highest BCUT2D eigenvalue weighted by molar-refractivity contribution is 14.1. The number of nitrogens with one attached hydrogen (secondary N) is 1. The minimum Gasteiger partial charge on any atom is -0.337 e. The molecule has 0 aliphatic carbocycles. The number of aromatic nitrogens is 2. The van der Waals surface area contributed by atoms with Gasteiger partial charge in [-0.3, -0.25) is 10.1 Å². The largest absolute Gasteiger partial charge is 0.337 e. The highest BCUT2D eigenvalue weighted by atomic mass is 127. The van der Waals surface area contributed by atoms with E-state index in [0.29, 0.717) is 0 Å². The van der Waals surface area contributed by atoms with E-state index < -0.39 is 4.92 Å². The number of hydrogen-bond donors (Lipinski definition) is 1. The Hall–Kier alpha value is -3.00. The van der Waals surface area contributed by atoms with Crippen molar-refractivity contribution in [3.63, 3.8) is 0 Å². The van der Waals surface area contributed by atoms with Crippen molar-refractivity contribution in [3.8, 4) is 33.9 Å². The Bertz CT molecular complexity index is 1110. The Morgan fingerprint density at radius 3 is 2.22 bits per heavy atom. The average Bonchev–Trinajstić information content (AvgIpc) is 3.14. The number of H-pyrrole nitrogens is 1. The summed E-state index contributed by atoms with van der Waals surface area (Å²) >= 11 is 2.27. The van der Waals surface area contributed by atoms with Crippen molar-refractivity contribution in [1.82, 2.24) is 9.97 Å². The van der Waals surface area contributed by atoms with Gasteiger partial charge in [-0.25, -0.2) is 4.98 Å². The molecule has 1 aromatic heterocycles. The summed E-state index contributed by atoms with van der Waals surface area (Å²) in [6, 6.07) is 24.5. The smallest absolute Gasteiger partial charge is 0.269 e. The summed E-state index contributed by atoms with van der Waals surface area (Å²) in [5.41, 5.74) is 4.55. The maximum Gasteiger partial charge on any atom is 0.269 e. The third-order valence-corrected chi connectivity index (χ3v) is 4.89. The number of hydrogen-bond acceptors (Lipinski definition) is 3. The van der Waals surface area contributed by atoms with Gasteiger partial charge in [0.25, 0.3) is 5.69 Å². The molecular formula is C21H14IN3O2. The molecule has 0 bridgehead atoms. The van der Waals surface area contributed by atoms with Gasteiger partial charge in [-0.2, -0.15) is 0 Å². The lowest BCUT2D eigenvalue weighted by molar-refractivity contribution is -0.384. The fourth-order valence-corrected chi connectivity index (χ4v) is 3.45. The Morgan fingerprint density at radius 2 is 1.56 bits per heavy atom. The topological polar surface area (TPSA) is 71.8 Å². The van der Waals surface area contributed by atoms with E-state index in [4.69, 9.17) is 4.98 Å². The first-order valence-electron chi connectivity index (χ1n) is 8.28. The first kappa shape index (κ1) is 17.4. The number of aromatic amines is 1. The number of benzene rings is 3. The van der Waals surface area contributed by atoms with Gasteiger partial charge in [0.15, 0.2) is 0 Å². The monoisotopic (exact) mass is 467 g/mol. The van der Waals surface area contributed by atoms with Crippen LogP contribution >= 0.6 is 22.6 Å². The predicted molar refractivity (Wildman–Crippen MR) is 114 cm³/mol. The SMILES string of the molecule is O=[N+]([O-])c1ccc(-c2[nH]c(-c3cccc(I)c3)nc2-c2ccccc2)cc1. The van der Waals surface area contributed by atoms with Crippen molar-refractivity contribution in [2.24, 2.45) is 0 Å². The van der Waals surface area contributed by atoms with Gasteiger partial charge in [0.2, 0.25) is 0 Å². The second-order valence-electron chi connectivity index (χ2n) is 5.99. The van der Waals surface area contributed by atoms with Crippen LogP contribution in [0.25, 0.3) is 33.9 Å². The second kappa shape index (κ2) is 7.32. The van der Waals surface area contributed by atoms with Crippen LogP contribution in [0, 0.1) is 13.7 Å². The van der Waals surface area contributed by atoms with Gasteiger partial charge >= 0.3 is 0 Å². The van der Waals surface area contributed by atoms with E-state index in [1.165, 1.54) is 12.1 Å². The van der Waals surface area contributed by atoms with Gasteiger partial charge in [-0.15, -0.1) is 0 Å². The average molecular weight is 467 g/mol. The molecule has 3 aromatic carbocycles. The molecule has 4 aromatic rings. The molecule has 0 spiro atoms. The van der Waals surface area contributed by atoms with Gasteiger partial charge in [-0.05, 0) is 46.9 Å². The standard InChI is InChI=1S/C21H14IN3O2/c22-17-8-4-7-16(13-17)21-23-19(14-5-2-1-3-6-14)20(24-21)15-9-11-18(12-10-15)25(26)27/h1-13H,(H,23,24). The van der Waals surface area contributed by atoms with E-state index in [-0.39, 0.29) is 5.69 Å². The Kier molecular flexibility index (Phi) is 4.72. The first-order valence-corrected chi connectivity index (χ1v) is 9.36. The second-order valence-corrected chi connectivity index (χ2v) is 7.24. The maximum atomic E-state index is 10.9. The number of nitro benzene ring substituents is 1. The summed E-state index contributed by atoms with van der Waals surface area (Å²) in [5, 5.41) is 10.9. The molecule has 1 N–H and O–H groups in total. The number of rotatable bonds is 4. The lowest BCUT2D eigenvalue weighted by Crippen LogP contribution is -1.88. The molecule has 132 valence electrons. The molecule has 4 rings (SSSR count). The minimum absolute atomic E-state index is 0.0670. The summed E-state index contributed by atoms with van der Waals surface area (Å²) < 4.78 is 1.12. The summed E-state index contributed by atoms with van der Waals surface area (Å²) in [7, 11) is 0. The van der Waals surface area contributed by atoms with Crippen LogP contribution in [0.2, 0.25) is 0 Å². The number of halogens is 1. The molecule has 0 unspecified atom stereocenters. The Labute approximate surface area is 169 Å². The van der Waals surface area contributed by atoms with Gasteiger partial charge in [0.1, 0.15) is 5.82 Å². The fourth-order valence-electron chi connectivity index (χ4n) is 2.91. The van der Waals surface area contributed by atoms with E-state index in [9.17, 15) is 10.1 Å². The molecule has 0 saturated carbocycles. The number of non-ortho nitro benzene ring substituents is 1. The molecular weight excluding hydrogens is 453 g/mol. The molecule has 5 nitrogen and oxygen atoms in total.